The van der Waals surface area contributed by atoms with Crippen molar-refractivity contribution in [3.05, 3.63) is 83.3 Å². The average Bonchev–Trinajstić information content (AvgIpc) is 3.25. The van der Waals surface area contributed by atoms with E-state index in [1.807, 2.05) is 56.3 Å². The van der Waals surface area contributed by atoms with Gasteiger partial charge in [-0.05, 0) is 67.9 Å². The molecule has 2 heterocycles. The number of rotatable bonds is 5. The van der Waals surface area contributed by atoms with Crippen LogP contribution in [0.15, 0.2) is 65.3 Å². The summed E-state index contributed by atoms with van der Waals surface area (Å²) >= 11 is 0. The van der Waals surface area contributed by atoms with E-state index in [4.69, 9.17) is 14.1 Å². The quantitative estimate of drug-likeness (QED) is 0.521. The fraction of sp³-hybridized carbons (Fsp3) is 0.167. The van der Waals surface area contributed by atoms with Gasteiger partial charge in [-0.2, -0.15) is 0 Å². The van der Waals surface area contributed by atoms with Crippen LogP contribution in [0.4, 0.5) is 0 Å². The molecule has 2 aromatic heterocycles. The summed E-state index contributed by atoms with van der Waals surface area (Å²) in [6, 6.07) is 17.2. The number of fused-ring (bicyclic) bond motifs is 1. The lowest BCUT2D eigenvalue weighted by Gasteiger charge is -2.13. The second kappa shape index (κ2) is 7.80. The van der Waals surface area contributed by atoms with Gasteiger partial charge in [0.15, 0.2) is 0 Å². The third-order valence-electron chi connectivity index (χ3n) is 4.88. The van der Waals surface area contributed by atoms with Gasteiger partial charge in [0.05, 0.1) is 36.7 Å². The van der Waals surface area contributed by atoms with Gasteiger partial charge in [-0.25, -0.2) is 4.98 Å². The topological polar surface area (TPSA) is 64.4 Å². The van der Waals surface area contributed by atoms with Crippen LogP contribution < -0.4 is 10.1 Å². The SMILES string of the molecule is COc1ccc(-c2cc(C(=O)NCc3ccco3)c3cc(C)cc(C)c3n2)cc1. The molecule has 0 saturated carbocycles. The lowest BCUT2D eigenvalue weighted by atomic mass is 9.99. The Labute approximate surface area is 169 Å². The second-order valence-electron chi connectivity index (χ2n) is 7.02. The summed E-state index contributed by atoms with van der Waals surface area (Å²) in [7, 11) is 1.64. The number of hydrogen-bond donors (Lipinski definition) is 1. The standard InChI is InChI=1S/C24H22N2O3/c1-15-11-16(2)23-20(12-15)21(24(27)25-14-19-5-4-10-29-19)13-22(26-23)17-6-8-18(28-3)9-7-17/h4-13H,14H2,1-3H3,(H,25,27). The van der Waals surface area contributed by atoms with Crippen LogP contribution in [-0.2, 0) is 6.54 Å². The fourth-order valence-corrected chi connectivity index (χ4v) is 3.45. The predicted octanol–water partition coefficient (Wildman–Crippen LogP) is 5.05. The van der Waals surface area contributed by atoms with E-state index in [2.05, 4.69) is 11.4 Å². The molecular formula is C24H22N2O3. The minimum Gasteiger partial charge on any atom is -0.497 e. The number of furan rings is 1. The summed E-state index contributed by atoms with van der Waals surface area (Å²) in [5.41, 5.74) is 5.22. The normalized spacial score (nSPS) is 10.9. The van der Waals surface area contributed by atoms with Gasteiger partial charge in [-0.3, -0.25) is 4.79 Å². The number of hydrogen-bond acceptors (Lipinski definition) is 4. The summed E-state index contributed by atoms with van der Waals surface area (Å²) in [5.74, 6) is 1.32. The predicted molar refractivity (Wildman–Crippen MR) is 113 cm³/mol. The Kier molecular flexibility index (Phi) is 5.04. The maximum Gasteiger partial charge on any atom is 0.252 e. The maximum atomic E-state index is 13.1. The van der Waals surface area contributed by atoms with Crippen molar-refractivity contribution >= 4 is 16.8 Å². The molecule has 0 bridgehead atoms. The van der Waals surface area contributed by atoms with Crippen LogP contribution in [0.1, 0.15) is 27.2 Å². The lowest BCUT2D eigenvalue weighted by Crippen LogP contribution is -2.23. The molecular weight excluding hydrogens is 364 g/mol. The summed E-state index contributed by atoms with van der Waals surface area (Å²) in [5, 5.41) is 3.79. The molecule has 0 unspecified atom stereocenters. The van der Waals surface area contributed by atoms with Crippen molar-refractivity contribution in [2.75, 3.05) is 7.11 Å². The van der Waals surface area contributed by atoms with Crippen molar-refractivity contribution in [1.29, 1.82) is 0 Å². The van der Waals surface area contributed by atoms with Gasteiger partial charge in [0.2, 0.25) is 0 Å². The molecule has 1 amide bonds. The Morgan fingerprint density at radius 3 is 2.59 bits per heavy atom. The van der Waals surface area contributed by atoms with Crippen molar-refractivity contribution < 1.29 is 13.9 Å². The number of aromatic nitrogens is 1. The highest BCUT2D eigenvalue weighted by Crippen LogP contribution is 2.29. The van der Waals surface area contributed by atoms with E-state index in [-0.39, 0.29) is 5.91 Å². The molecule has 0 fully saturated rings. The molecule has 2 aromatic carbocycles. The van der Waals surface area contributed by atoms with Crippen LogP contribution in [0.3, 0.4) is 0 Å². The number of carbonyl (C=O) groups is 1. The first-order valence-corrected chi connectivity index (χ1v) is 9.42. The van der Waals surface area contributed by atoms with Gasteiger partial charge in [-0.15, -0.1) is 0 Å². The van der Waals surface area contributed by atoms with Crippen LogP contribution in [0.25, 0.3) is 22.2 Å². The largest absolute Gasteiger partial charge is 0.497 e. The Morgan fingerprint density at radius 2 is 1.90 bits per heavy atom. The van der Waals surface area contributed by atoms with E-state index < -0.39 is 0 Å². The number of aryl methyl sites for hydroxylation is 2. The summed E-state index contributed by atoms with van der Waals surface area (Å²) in [4.78, 5) is 17.9. The smallest absolute Gasteiger partial charge is 0.252 e. The van der Waals surface area contributed by atoms with Crippen LogP contribution in [0.2, 0.25) is 0 Å². The molecule has 1 N–H and O–H groups in total. The molecule has 146 valence electrons. The van der Waals surface area contributed by atoms with E-state index in [0.29, 0.717) is 17.9 Å². The number of amides is 1. The molecule has 5 nitrogen and oxygen atoms in total. The van der Waals surface area contributed by atoms with E-state index in [1.165, 1.54) is 0 Å². The van der Waals surface area contributed by atoms with E-state index in [9.17, 15) is 4.79 Å². The van der Waals surface area contributed by atoms with Gasteiger partial charge in [0.25, 0.3) is 5.91 Å². The van der Waals surface area contributed by atoms with E-state index in [0.717, 1.165) is 39.0 Å². The van der Waals surface area contributed by atoms with Crippen molar-refractivity contribution in [1.82, 2.24) is 10.3 Å². The molecule has 0 aliphatic heterocycles. The zero-order valence-electron chi connectivity index (χ0n) is 16.7. The molecule has 0 radical (unpaired) electrons. The number of methoxy groups -OCH3 is 1. The lowest BCUT2D eigenvalue weighted by molar-refractivity contribution is 0.0949. The third kappa shape index (κ3) is 3.85. The highest BCUT2D eigenvalue weighted by atomic mass is 16.5. The highest BCUT2D eigenvalue weighted by Gasteiger charge is 2.16. The molecule has 29 heavy (non-hydrogen) atoms. The molecule has 5 heteroatoms. The van der Waals surface area contributed by atoms with Gasteiger partial charge in [0, 0.05) is 10.9 Å². The van der Waals surface area contributed by atoms with Crippen molar-refractivity contribution in [3.63, 3.8) is 0 Å². The number of nitrogens with one attached hydrogen (secondary N) is 1. The molecule has 0 atom stereocenters. The number of carbonyl (C=O) groups excluding carboxylic acids is 1. The Balaban J connectivity index is 1.80. The minimum atomic E-state index is -0.159. The maximum absolute atomic E-state index is 13.1. The number of nitrogens with zero attached hydrogens (tertiary/aromatic N) is 1. The third-order valence-corrected chi connectivity index (χ3v) is 4.88. The first kappa shape index (κ1) is 18.7. The fourth-order valence-electron chi connectivity index (χ4n) is 3.45. The Morgan fingerprint density at radius 1 is 1.10 bits per heavy atom. The second-order valence-corrected chi connectivity index (χ2v) is 7.02. The van der Waals surface area contributed by atoms with Crippen LogP contribution in [0.5, 0.6) is 5.75 Å². The van der Waals surface area contributed by atoms with E-state index in [1.54, 1.807) is 19.4 Å². The molecule has 4 rings (SSSR count). The zero-order valence-corrected chi connectivity index (χ0v) is 16.7. The van der Waals surface area contributed by atoms with Gasteiger partial charge in [-0.1, -0.05) is 11.6 Å². The van der Waals surface area contributed by atoms with Crippen LogP contribution in [0, 0.1) is 13.8 Å². The molecule has 0 saturated heterocycles. The monoisotopic (exact) mass is 386 g/mol. The van der Waals surface area contributed by atoms with Gasteiger partial charge in [0.1, 0.15) is 11.5 Å². The summed E-state index contributed by atoms with van der Waals surface area (Å²) in [6.45, 7) is 4.37. The van der Waals surface area contributed by atoms with Gasteiger partial charge >= 0.3 is 0 Å². The number of ether oxygens (including phenoxy) is 1. The molecule has 4 aromatic rings. The van der Waals surface area contributed by atoms with Crippen molar-refractivity contribution in [3.8, 4) is 17.0 Å². The van der Waals surface area contributed by atoms with Crippen LogP contribution >= 0.6 is 0 Å². The van der Waals surface area contributed by atoms with Crippen LogP contribution in [-0.4, -0.2) is 18.0 Å². The summed E-state index contributed by atoms with van der Waals surface area (Å²) in [6.07, 6.45) is 1.60. The number of pyridine rings is 1. The minimum absolute atomic E-state index is 0.159. The first-order valence-electron chi connectivity index (χ1n) is 9.42. The molecule has 0 aliphatic rings. The highest BCUT2D eigenvalue weighted by molar-refractivity contribution is 6.08. The molecule has 0 aliphatic carbocycles. The van der Waals surface area contributed by atoms with Gasteiger partial charge < -0.3 is 14.5 Å². The van der Waals surface area contributed by atoms with Crippen molar-refractivity contribution in [2.24, 2.45) is 0 Å². The molecule has 0 spiro atoms. The number of benzene rings is 2. The Hall–Kier alpha value is -3.60. The summed E-state index contributed by atoms with van der Waals surface area (Å²) < 4.78 is 10.6. The van der Waals surface area contributed by atoms with E-state index >= 15 is 0 Å². The first-order chi connectivity index (χ1) is 14.0. The Bertz CT molecular complexity index is 1160. The van der Waals surface area contributed by atoms with Crippen molar-refractivity contribution in [2.45, 2.75) is 20.4 Å². The average molecular weight is 386 g/mol. The zero-order chi connectivity index (χ0) is 20.4.